The van der Waals surface area contributed by atoms with Crippen LogP contribution in [0.15, 0.2) is 48.5 Å². The van der Waals surface area contributed by atoms with Crippen molar-refractivity contribution in [3.63, 3.8) is 0 Å². The summed E-state index contributed by atoms with van der Waals surface area (Å²) in [7, 11) is 2.88. The van der Waals surface area contributed by atoms with Gasteiger partial charge in [-0.15, -0.1) is 0 Å². The second kappa shape index (κ2) is 14.9. The van der Waals surface area contributed by atoms with E-state index in [2.05, 4.69) is 10.6 Å². The number of amides is 5. The summed E-state index contributed by atoms with van der Waals surface area (Å²) in [5.74, 6) is -2.09. The van der Waals surface area contributed by atoms with E-state index in [4.69, 9.17) is 4.74 Å². The van der Waals surface area contributed by atoms with E-state index in [9.17, 15) is 33.9 Å². The van der Waals surface area contributed by atoms with Crippen LogP contribution in [0.4, 0.5) is 10.5 Å². The molecule has 0 aliphatic carbocycles. The lowest BCUT2D eigenvalue weighted by atomic mass is 10.0. The van der Waals surface area contributed by atoms with E-state index in [-0.39, 0.29) is 68.5 Å². The summed E-state index contributed by atoms with van der Waals surface area (Å²) in [6.45, 7) is 1.93. The molecule has 4 rings (SSSR count). The highest BCUT2D eigenvalue weighted by Gasteiger charge is 2.40. The minimum absolute atomic E-state index is 0.0969. The van der Waals surface area contributed by atoms with Gasteiger partial charge in [0.25, 0.3) is 5.91 Å². The van der Waals surface area contributed by atoms with E-state index < -0.39 is 24.0 Å². The number of rotatable bonds is 13. The summed E-state index contributed by atoms with van der Waals surface area (Å²) in [6.07, 6.45) is -0.144. The molecule has 1 fully saturated rings. The first-order valence-corrected chi connectivity index (χ1v) is 16.0. The Morgan fingerprint density at radius 3 is 2.63 bits per heavy atom. The molecule has 12 nitrogen and oxygen atoms in total. The Morgan fingerprint density at radius 2 is 1.91 bits per heavy atom. The van der Waals surface area contributed by atoms with Crippen LogP contribution >= 0.6 is 21.6 Å². The molecular weight excluding hydrogens is 596 g/mol. The lowest BCUT2D eigenvalue weighted by molar-refractivity contribution is -0.144. The summed E-state index contributed by atoms with van der Waals surface area (Å²) >= 11 is 0. The molecule has 2 aliphatic heterocycles. The van der Waals surface area contributed by atoms with Crippen LogP contribution in [0.2, 0.25) is 0 Å². The lowest BCUT2D eigenvalue weighted by Crippen LogP contribution is -2.52. The topological polar surface area (TPSA) is 162 Å². The number of carboxylic acid groups (broad SMARTS) is 1. The molecule has 0 spiro atoms. The molecule has 2 heterocycles. The molecule has 0 saturated carbocycles. The number of hydrogen-bond acceptors (Lipinski definition) is 9. The highest BCUT2D eigenvalue weighted by atomic mass is 33.1. The Balaban J connectivity index is 1.19. The van der Waals surface area contributed by atoms with Gasteiger partial charge in [-0.25, -0.2) is 4.79 Å². The van der Waals surface area contributed by atoms with Gasteiger partial charge in [0.05, 0.1) is 0 Å². The number of piperidine rings is 1. The fourth-order valence-electron chi connectivity index (χ4n) is 4.79. The van der Waals surface area contributed by atoms with Crippen molar-refractivity contribution >= 4 is 63.0 Å². The number of fused-ring (bicyclic) bond motifs is 1. The van der Waals surface area contributed by atoms with Crippen LogP contribution in [0, 0.1) is 0 Å². The van der Waals surface area contributed by atoms with Gasteiger partial charge in [-0.05, 0) is 24.1 Å². The Morgan fingerprint density at radius 1 is 1.14 bits per heavy atom. The summed E-state index contributed by atoms with van der Waals surface area (Å²) in [4.78, 5) is 76.0. The van der Waals surface area contributed by atoms with Crippen molar-refractivity contribution < 1.29 is 38.6 Å². The van der Waals surface area contributed by atoms with Crippen molar-refractivity contribution in [3.05, 3.63) is 65.2 Å². The van der Waals surface area contributed by atoms with Crippen molar-refractivity contribution in [1.82, 2.24) is 15.1 Å². The van der Waals surface area contributed by atoms with Crippen molar-refractivity contribution in [3.8, 4) is 0 Å². The molecule has 0 radical (unpaired) electrons. The van der Waals surface area contributed by atoms with Gasteiger partial charge in [0.1, 0.15) is 19.2 Å². The first-order valence-electron chi connectivity index (χ1n) is 13.6. The first kappa shape index (κ1) is 31.9. The molecule has 2 aliphatic rings. The van der Waals surface area contributed by atoms with Crippen molar-refractivity contribution in [2.24, 2.45) is 0 Å². The van der Waals surface area contributed by atoms with Crippen molar-refractivity contribution in [2.45, 2.75) is 50.6 Å². The Kier molecular flexibility index (Phi) is 11.1. The molecule has 5 amide bonds. The van der Waals surface area contributed by atoms with Gasteiger partial charge in [-0.2, -0.15) is 0 Å². The van der Waals surface area contributed by atoms with Gasteiger partial charge in [0.15, 0.2) is 0 Å². The number of carboxylic acids is 1. The van der Waals surface area contributed by atoms with Crippen molar-refractivity contribution in [2.75, 3.05) is 24.2 Å². The minimum atomic E-state index is -1.08. The van der Waals surface area contributed by atoms with E-state index in [1.54, 1.807) is 18.2 Å². The van der Waals surface area contributed by atoms with Crippen LogP contribution in [-0.4, -0.2) is 80.8 Å². The predicted molar refractivity (Wildman–Crippen MR) is 161 cm³/mol. The number of nitrogens with zero attached hydrogens (tertiary/aromatic N) is 2. The first-order chi connectivity index (χ1) is 20.6. The van der Waals surface area contributed by atoms with Crippen LogP contribution in [0.25, 0.3) is 0 Å². The average Bonchev–Trinajstić information content (AvgIpc) is 3.29. The molecule has 1 saturated heterocycles. The zero-order valence-electron chi connectivity index (χ0n) is 23.4. The monoisotopic (exact) mass is 628 g/mol. The van der Waals surface area contributed by atoms with Crippen LogP contribution in [-0.2, 0) is 37.0 Å². The number of nitrogens with one attached hydrogen (secondary N) is 2. The second-order valence-corrected chi connectivity index (χ2v) is 13.0. The average molecular weight is 629 g/mol. The fourth-order valence-corrected chi connectivity index (χ4v) is 6.87. The number of anilines is 1. The highest BCUT2D eigenvalue weighted by Crippen LogP contribution is 2.33. The number of imide groups is 1. The van der Waals surface area contributed by atoms with E-state index in [1.165, 1.54) is 31.4 Å². The number of hydrogen-bond donors (Lipinski definition) is 3. The van der Waals surface area contributed by atoms with Crippen LogP contribution in [0.5, 0.6) is 0 Å². The van der Waals surface area contributed by atoms with Crippen LogP contribution < -0.4 is 10.6 Å². The number of aliphatic carboxylic acids is 1. The van der Waals surface area contributed by atoms with Crippen molar-refractivity contribution in [1.29, 1.82) is 0 Å². The quantitative estimate of drug-likeness (QED) is 0.171. The van der Waals surface area contributed by atoms with E-state index in [0.717, 1.165) is 5.56 Å². The molecule has 0 aromatic heterocycles. The maximum Gasteiger partial charge on any atom is 0.411 e. The lowest BCUT2D eigenvalue weighted by Gasteiger charge is -2.29. The third-order valence-corrected chi connectivity index (χ3v) is 9.67. The Bertz CT molecular complexity index is 1390. The molecular formula is C29H32N4O8S2. The van der Waals surface area contributed by atoms with Gasteiger partial charge in [0, 0.05) is 53.7 Å². The van der Waals surface area contributed by atoms with Gasteiger partial charge < -0.3 is 19.6 Å². The molecule has 43 heavy (non-hydrogen) atoms. The summed E-state index contributed by atoms with van der Waals surface area (Å²) in [5, 5.41) is 14.1. The standard InChI is InChI=1S/C29H32N4O8S2/c1-18(14-25(35)32(17-26(36)37)15-19-6-3-2-4-7-19)43-42-13-12-41-29(40)30-22-9-5-8-20-21(22)16-33(28(20)39)23-10-11-24(34)31-27(23)38/h2-9,18,23H,10-17H2,1H3,(H,30,40)(H,36,37)(H,31,34,38). The third-order valence-electron chi connectivity index (χ3n) is 6.81. The van der Waals surface area contributed by atoms with Crippen LogP contribution in [0.1, 0.15) is 47.7 Å². The molecule has 14 heteroatoms. The van der Waals surface area contributed by atoms with Gasteiger partial charge in [-0.3, -0.25) is 34.6 Å². The molecule has 2 atom stereocenters. The minimum Gasteiger partial charge on any atom is -0.480 e. The zero-order valence-corrected chi connectivity index (χ0v) is 25.1. The fraction of sp³-hybridized carbons (Fsp3) is 0.379. The summed E-state index contributed by atoms with van der Waals surface area (Å²) < 4.78 is 5.29. The second-order valence-electron chi connectivity index (χ2n) is 10.1. The van der Waals surface area contributed by atoms with Crippen LogP contribution in [0.3, 0.4) is 0 Å². The summed E-state index contributed by atoms with van der Waals surface area (Å²) in [6, 6.07) is 13.4. The van der Waals surface area contributed by atoms with E-state index in [1.807, 2.05) is 37.3 Å². The molecule has 2 unspecified atom stereocenters. The Hall–Kier alpha value is -4.04. The smallest absolute Gasteiger partial charge is 0.411 e. The molecule has 228 valence electrons. The largest absolute Gasteiger partial charge is 0.480 e. The SMILES string of the molecule is CC(CC(=O)N(CC(=O)O)Cc1ccccc1)SSCCOC(=O)Nc1cccc2c1CN(C1CCC(=O)NC1=O)C2=O. The normalized spacial score (nSPS) is 16.7. The van der Waals surface area contributed by atoms with Gasteiger partial charge in [-0.1, -0.05) is 64.9 Å². The highest BCUT2D eigenvalue weighted by molar-refractivity contribution is 8.76. The zero-order chi connectivity index (χ0) is 30.9. The molecule has 2 aromatic carbocycles. The summed E-state index contributed by atoms with van der Waals surface area (Å²) in [5.41, 5.74) is 2.20. The third kappa shape index (κ3) is 8.74. The molecule has 0 bridgehead atoms. The number of benzene rings is 2. The van der Waals surface area contributed by atoms with Gasteiger partial charge in [0.2, 0.25) is 17.7 Å². The predicted octanol–water partition coefficient (Wildman–Crippen LogP) is 3.27. The number of carbonyl (C=O) groups excluding carboxylic acids is 5. The molecule has 3 N–H and O–H groups in total. The van der Waals surface area contributed by atoms with Gasteiger partial charge >= 0.3 is 12.1 Å². The molecule has 2 aromatic rings. The maximum atomic E-state index is 13.0. The van der Waals surface area contributed by atoms with E-state index >= 15 is 0 Å². The van der Waals surface area contributed by atoms with E-state index in [0.29, 0.717) is 22.6 Å². The number of ether oxygens (including phenoxy) is 1. The number of carbonyl (C=O) groups is 6. The Labute approximate surface area is 256 Å². The maximum absolute atomic E-state index is 13.0.